The van der Waals surface area contributed by atoms with Crippen molar-refractivity contribution in [2.75, 3.05) is 20.1 Å². The van der Waals surface area contributed by atoms with Gasteiger partial charge in [-0.1, -0.05) is 105 Å². The molecule has 7 nitrogen and oxygen atoms in total. The van der Waals surface area contributed by atoms with E-state index >= 15 is 0 Å². The van der Waals surface area contributed by atoms with Crippen molar-refractivity contribution in [1.29, 1.82) is 0 Å². The van der Waals surface area contributed by atoms with E-state index in [2.05, 4.69) is 46.6 Å². The molecule has 1 aliphatic rings. The molecule has 0 aliphatic carbocycles. The zero-order chi connectivity index (χ0) is 26.6. The van der Waals surface area contributed by atoms with Gasteiger partial charge in [0.15, 0.2) is 0 Å². The maximum atomic E-state index is 13.3. The molecule has 192 valence electrons. The smallest absolute Gasteiger partial charge is 0.326 e. The van der Waals surface area contributed by atoms with Crippen LogP contribution in [0, 0.1) is 5.92 Å². The molecule has 0 spiro atoms. The number of hydrogen-bond donors (Lipinski definition) is 2. The summed E-state index contributed by atoms with van der Waals surface area (Å²) in [6, 6.07) is 28.9. The minimum atomic E-state index is -1.07. The molecule has 1 aliphatic heterocycles. The third-order valence-electron chi connectivity index (χ3n) is 7.03. The van der Waals surface area contributed by atoms with E-state index in [1.54, 1.807) is 13.8 Å². The topological polar surface area (TPSA) is 89.7 Å². The zero-order valence-corrected chi connectivity index (χ0v) is 21.4. The molecule has 1 saturated heterocycles. The molecule has 1 fully saturated rings. The Kier molecular flexibility index (Phi) is 7.74. The van der Waals surface area contributed by atoms with Crippen LogP contribution in [0.2, 0.25) is 0 Å². The molecule has 7 heteroatoms. The average Bonchev–Trinajstić information content (AvgIpc) is 3.70. The number of amides is 2. The molecule has 1 unspecified atom stereocenters. The van der Waals surface area contributed by atoms with Crippen LogP contribution in [0.1, 0.15) is 30.5 Å². The minimum Gasteiger partial charge on any atom is -0.480 e. The first-order valence-corrected chi connectivity index (χ1v) is 12.5. The Morgan fingerprint density at radius 3 is 1.70 bits per heavy atom. The van der Waals surface area contributed by atoms with E-state index in [0.717, 1.165) is 16.7 Å². The molecular weight excluding hydrogens is 466 g/mol. The van der Waals surface area contributed by atoms with Gasteiger partial charge in [0, 0.05) is 13.6 Å². The molecule has 0 aromatic heterocycles. The number of carboxylic acid groups (broad SMARTS) is 1. The number of carbonyl (C=O) groups excluding carboxylic acids is 2. The summed E-state index contributed by atoms with van der Waals surface area (Å²) in [7, 11) is 1.46. The van der Waals surface area contributed by atoms with Crippen molar-refractivity contribution in [3.63, 3.8) is 0 Å². The Hall–Kier alpha value is -3.97. The normalized spacial score (nSPS) is 17.6. The highest BCUT2D eigenvalue weighted by Gasteiger charge is 2.55. The lowest BCUT2D eigenvalue weighted by molar-refractivity contribution is -0.150. The second-order valence-corrected chi connectivity index (χ2v) is 9.73. The van der Waals surface area contributed by atoms with Crippen LogP contribution in [0.3, 0.4) is 0 Å². The van der Waals surface area contributed by atoms with Gasteiger partial charge in [-0.3, -0.25) is 14.5 Å². The summed E-state index contributed by atoms with van der Waals surface area (Å²) in [5.41, 5.74) is 2.43. The molecule has 0 bridgehead atoms. The molecule has 0 radical (unpaired) electrons. The number of hydrogen-bond acceptors (Lipinski definition) is 4. The maximum absolute atomic E-state index is 13.3. The van der Waals surface area contributed by atoms with Gasteiger partial charge in [-0.25, -0.2) is 4.79 Å². The van der Waals surface area contributed by atoms with Crippen LogP contribution in [-0.4, -0.2) is 64.9 Å². The molecule has 37 heavy (non-hydrogen) atoms. The predicted octanol–water partition coefficient (Wildman–Crippen LogP) is 3.35. The molecular formula is C30H33N3O4. The van der Waals surface area contributed by atoms with Crippen LogP contribution < -0.4 is 5.32 Å². The van der Waals surface area contributed by atoms with Gasteiger partial charge >= 0.3 is 5.97 Å². The zero-order valence-electron chi connectivity index (χ0n) is 21.4. The molecule has 4 rings (SSSR count). The first-order chi connectivity index (χ1) is 17.8. The van der Waals surface area contributed by atoms with E-state index in [0.29, 0.717) is 6.54 Å². The molecule has 2 amide bonds. The maximum Gasteiger partial charge on any atom is 0.326 e. The SMILES string of the molecule is CC(C)[C@@H](C(=O)O)N(C)C(=O)CNC(=O)[C@@H]1CN1C(c1ccccc1)(c1ccccc1)c1ccccc1. The predicted molar refractivity (Wildman–Crippen MR) is 142 cm³/mol. The minimum absolute atomic E-state index is 0.259. The highest BCUT2D eigenvalue weighted by atomic mass is 16.4. The number of rotatable bonds is 10. The summed E-state index contributed by atoms with van der Waals surface area (Å²) in [4.78, 5) is 41.0. The van der Waals surface area contributed by atoms with Crippen molar-refractivity contribution in [2.45, 2.75) is 31.5 Å². The van der Waals surface area contributed by atoms with Gasteiger partial charge in [-0.05, 0) is 22.6 Å². The van der Waals surface area contributed by atoms with Crippen LogP contribution >= 0.6 is 0 Å². The van der Waals surface area contributed by atoms with Crippen LogP contribution in [0.5, 0.6) is 0 Å². The van der Waals surface area contributed by atoms with Crippen molar-refractivity contribution in [1.82, 2.24) is 15.1 Å². The van der Waals surface area contributed by atoms with Gasteiger partial charge in [-0.15, -0.1) is 0 Å². The molecule has 3 aromatic carbocycles. The summed E-state index contributed by atoms with van der Waals surface area (Å²) in [6.07, 6.45) is 0. The fourth-order valence-corrected chi connectivity index (χ4v) is 5.23. The van der Waals surface area contributed by atoms with Crippen molar-refractivity contribution < 1.29 is 19.5 Å². The summed E-state index contributed by atoms with van der Waals surface area (Å²) in [5.74, 6) is -2.03. The Bertz CT molecular complexity index is 1130. The Morgan fingerprint density at radius 1 is 0.892 bits per heavy atom. The quantitative estimate of drug-likeness (QED) is 0.330. The Balaban J connectivity index is 1.61. The summed E-state index contributed by atoms with van der Waals surface area (Å²) in [6.45, 7) is 3.75. The van der Waals surface area contributed by atoms with E-state index in [9.17, 15) is 19.5 Å². The summed E-state index contributed by atoms with van der Waals surface area (Å²) < 4.78 is 0. The lowest BCUT2D eigenvalue weighted by Gasteiger charge is -2.38. The van der Waals surface area contributed by atoms with Gasteiger partial charge in [-0.2, -0.15) is 0 Å². The van der Waals surface area contributed by atoms with E-state index in [4.69, 9.17) is 0 Å². The van der Waals surface area contributed by atoms with Crippen LogP contribution in [0.25, 0.3) is 0 Å². The van der Waals surface area contributed by atoms with E-state index in [-0.39, 0.29) is 18.4 Å². The van der Waals surface area contributed by atoms with Gasteiger partial charge in [0.05, 0.1) is 12.1 Å². The number of carbonyl (C=O) groups is 3. The number of nitrogens with one attached hydrogen (secondary N) is 1. The first kappa shape index (κ1) is 26.1. The molecule has 3 aromatic rings. The molecule has 2 N–H and O–H groups in total. The fraction of sp³-hybridized carbons (Fsp3) is 0.300. The number of likely N-dealkylation sites (N-methyl/N-ethyl adjacent to an activating group) is 1. The van der Waals surface area contributed by atoms with E-state index in [1.807, 2.05) is 54.6 Å². The second-order valence-electron chi connectivity index (χ2n) is 9.73. The van der Waals surface area contributed by atoms with Gasteiger partial charge in [0.1, 0.15) is 12.1 Å². The van der Waals surface area contributed by atoms with Crippen LogP contribution in [-0.2, 0) is 19.9 Å². The first-order valence-electron chi connectivity index (χ1n) is 12.5. The fourth-order valence-electron chi connectivity index (χ4n) is 5.23. The van der Waals surface area contributed by atoms with Crippen molar-refractivity contribution in [3.8, 4) is 0 Å². The monoisotopic (exact) mass is 499 g/mol. The third kappa shape index (κ3) is 5.13. The highest BCUT2D eigenvalue weighted by molar-refractivity contribution is 5.91. The molecule has 0 saturated carbocycles. The largest absolute Gasteiger partial charge is 0.480 e. The van der Waals surface area contributed by atoms with Crippen molar-refractivity contribution in [2.24, 2.45) is 5.92 Å². The lowest BCUT2D eigenvalue weighted by Crippen LogP contribution is -2.50. The van der Waals surface area contributed by atoms with Gasteiger partial charge in [0.25, 0.3) is 0 Å². The number of nitrogens with zero attached hydrogens (tertiary/aromatic N) is 2. The van der Waals surface area contributed by atoms with Gasteiger partial charge < -0.3 is 15.3 Å². The van der Waals surface area contributed by atoms with Crippen LogP contribution in [0.4, 0.5) is 0 Å². The van der Waals surface area contributed by atoms with Crippen LogP contribution in [0.15, 0.2) is 91.0 Å². The van der Waals surface area contributed by atoms with E-state index in [1.165, 1.54) is 11.9 Å². The standard InChI is InChI=1S/C30H33N3O4/c1-21(2)27(29(36)37)32(3)26(34)19-31-28(35)25-20-33(25)30(22-13-7-4-8-14-22,23-15-9-5-10-16-23)24-17-11-6-12-18-24/h4-18,21,25,27H,19-20H2,1-3H3,(H,31,35)(H,36,37)/t25-,27-,33?/m0/s1. The van der Waals surface area contributed by atoms with Gasteiger partial charge in [0.2, 0.25) is 11.8 Å². The number of aliphatic carboxylic acids is 1. The Labute approximate surface area is 217 Å². The van der Waals surface area contributed by atoms with Crippen molar-refractivity contribution >= 4 is 17.8 Å². The Morgan fingerprint density at radius 2 is 1.32 bits per heavy atom. The summed E-state index contributed by atoms with van der Waals surface area (Å²) >= 11 is 0. The average molecular weight is 500 g/mol. The number of benzene rings is 3. The third-order valence-corrected chi connectivity index (χ3v) is 7.03. The second kappa shape index (κ2) is 11.0. The lowest BCUT2D eigenvalue weighted by atomic mass is 9.76. The number of carboxylic acids is 1. The highest BCUT2D eigenvalue weighted by Crippen LogP contribution is 2.48. The van der Waals surface area contributed by atoms with E-state index < -0.39 is 29.5 Å². The molecule has 3 atom stereocenters. The molecule has 1 heterocycles. The summed E-state index contributed by atoms with van der Waals surface area (Å²) in [5, 5.41) is 12.2. The van der Waals surface area contributed by atoms with Crippen molar-refractivity contribution in [3.05, 3.63) is 108 Å².